The van der Waals surface area contributed by atoms with Crippen molar-refractivity contribution < 1.29 is 9.13 Å². The molecular formula is C12H15FNOP. The Balaban J connectivity index is 3.13. The summed E-state index contributed by atoms with van der Waals surface area (Å²) in [5.74, 6) is 2.59. The predicted octanol–water partition coefficient (Wildman–Crippen LogP) is 2.25. The number of ether oxygens (including phenoxy) is 1. The van der Waals surface area contributed by atoms with E-state index in [0.29, 0.717) is 11.4 Å². The van der Waals surface area contributed by atoms with E-state index in [1.807, 2.05) is 6.07 Å². The van der Waals surface area contributed by atoms with Crippen LogP contribution in [0.3, 0.4) is 0 Å². The van der Waals surface area contributed by atoms with Crippen LogP contribution in [-0.4, -0.2) is 27.0 Å². The molecule has 0 bridgehead atoms. The van der Waals surface area contributed by atoms with Gasteiger partial charge in [0.1, 0.15) is 11.4 Å². The van der Waals surface area contributed by atoms with Gasteiger partial charge in [-0.25, -0.2) is 4.39 Å². The largest absolute Gasteiger partial charge is 0.494 e. The van der Waals surface area contributed by atoms with Gasteiger partial charge in [0, 0.05) is 0 Å². The first-order valence-corrected chi connectivity index (χ1v) is 7.06. The number of hydrogen-bond donors (Lipinski definition) is 1. The van der Waals surface area contributed by atoms with Gasteiger partial charge in [0.15, 0.2) is 5.82 Å². The Hall–Kier alpha value is -1.26. The highest BCUT2D eigenvalue weighted by atomic mass is 31.1. The van der Waals surface area contributed by atoms with E-state index in [2.05, 4.69) is 24.6 Å². The highest BCUT2D eigenvalue weighted by Gasteiger charge is 2.12. The summed E-state index contributed by atoms with van der Waals surface area (Å²) < 4.78 is 18.9. The third-order valence-electron chi connectivity index (χ3n) is 2.14. The average molecular weight is 239 g/mol. The number of nitrogens with one attached hydrogen (secondary N) is 1. The van der Waals surface area contributed by atoms with Crippen LogP contribution in [0.15, 0.2) is 12.1 Å². The molecule has 1 N–H and O–H groups in total. The van der Waals surface area contributed by atoms with Crippen LogP contribution in [-0.2, 0) is 0 Å². The monoisotopic (exact) mass is 239 g/mol. The summed E-state index contributed by atoms with van der Waals surface area (Å²) in [7, 11) is 1.17. The van der Waals surface area contributed by atoms with Crippen molar-refractivity contribution in [1.82, 2.24) is 0 Å². The molecule has 0 aliphatic rings. The zero-order chi connectivity index (χ0) is 12.1. The molecule has 0 radical (unpaired) electrons. The fourth-order valence-electron chi connectivity index (χ4n) is 1.30. The lowest BCUT2D eigenvalue weighted by atomic mass is 10.2. The molecule has 1 rings (SSSR count). The Morgan fingerprint density at radius 3 is 2.69 bits per heavy atom. The second-order valence-corrected chi connectivity index (χ2v) is 5.76. The highest BCUT2D eigenvalue weighted by Crippen LogP contribution is 2.32. The third-order valence-corrected chi connectivity index (χ3v) is 3.43. The van der Waals surface area contributed by atoms with Crippen molar-refractivity contribution in [3.05, 3.63) is 17.9 Å². The minimum absolute atomic E-state index is 0.277. The van der Waals surface area contributed by atoms with Crippen molar-refractivity contribution in [3.63, 3.8) is 0 Å². The van der Waals surface area contributed by atoms with Crippen molar-refractivity contribution in [2.24, 2.45) is 0 Å². The number of methoxy groups -OCH3 is 1. The summed E-state index contributed by atoms with van der Waals surface area (Å²) in [4.78, 5) is 0. The molecule has 1 aromatic carbocycles. The lowest BCUT2D eigenvalue weighted by Crippen LogP contribution is -2.08. The third kappa shape index (κ3) is 2.87. The van der Waals surface area contributed by atoms with Crippen LogP contribution >= 0.6 is 7.92 Å². The number of halogens is 1. The van der Waals surface area contributed by atoms with Gasteiger partial charge < -0.3 is 10.1 Å². The van der Waals surface area contributed by atoms with Gasteiger partial charge in [-0.15, -0.1) is 6.42 Å². The molecule has 0 saturated carbocycles. The highest BCUT2D eigenvalue weighted by molar-refractivity contribution is 7.64. The van der Waals surface area contributed by atoms with Crippen molar-refractivity contribution in [1.29, 1.82) is 0 Å². The van der Waals surface area contributed by atoms with Gasteiger partial charge in [0.2, 0.25) is 0 Å². The Morgan fingerprint density at radius 2 is 2.19 bits per heavy atom. The molecule has 0 fully saturated rings. The zero-order valence-electron chi connectivity index (χ0n) is 9.67. The molecular weight excluding hydrogens is 224 g/mol. The molecule has 1 aromatic rings. The van der Waals surface area contributed by atoms with E-state index in [4.69, 9.17) is 11.2 Å². The summed E-state index contributed by atoms with van der Waals surface area (Å²) in [6, 6.07) is 3.39. The number of hydrogen-bond acceptors (Lipinski definition) is 2. The minimum atomic E-state index is -0.347. The van der Waals surface area contributed by atoms with Crippen molar-refractivity contribution in [2.45, 2.75) is 0 Å². The summed E-state index contributed by atoms with van der Waals surface area (Å²) in [6.45, 7) is 4.41. The van der Waals surface area contributed by atoms with E-state index in [1.165, 1.54) is 13.2 Å². The van der Waals surface area contributed by atoms with Crippen molar-refractivity contribution in [2.75, 3.05) is 32.3 Å². The maximum absolute atomic E-state index is 13.8. The molecule has 0 atom stereocenters. The van der Waals surface area contributed by atoms with Gasteiger partial charge in [-0.2, -0.15) is 0 Å². The zero-order valence-corrected chi connectivity index (χ0v) is 10.6. The van der Waals surface area contributed by atoms with Gasteiger partial charge in [-0.05, 0) is 30.8 Å². The maximum atomic E-state index is 13.8. The lowest BCUT2D eigenvalue weighted by molar-refractivity contribution is 0.414. The number of anilines is 1. The van der Waals surface area contributed by atoms with E-state index in [0.717, 1.165) is 5.30 Å². The SMILES string of the molecule is C#CCNc1c(F)cc(P(C)C)cc1OC. The predicted molar refractivity (Wildman–Crippen MR) is 68.7 cm³/mol. The molecule has 0 saturated heterocycles. The molecule has 0 aromatic heterocycles. The van der Waals surface area contributed by atoms with E-state index in [-0.39, 0.29) is 20.3 Å². The molecule has 86 valence electrons. The van der Waals surface area contributed by atoms with Crippen LogP contribution in [0.2, 0.25) is 0 Å². The van der Waals surface area contributed by atoms with Gasteiger partial charge in [-0.3, -0.25) is 0 Å². The first-order valence-electron chi connectivity index (χ1n) is 4.82. The molecule has 2 nitrogen and oxygen atoms in total. The van der Waals surface area contributed by atoms with Crippen molar-refractivity contribution >= 4 is 18.9 Å². The van der Waals surface area contributed by atoms with E-state index >= 15 is 0 Å². The molecule has 0 aliphatic heterocycles. The van der Waals surface area contributed by atoms with E-state index < -0.39 is 0 Å². The first kappa shape index (κ1) is 12.8. The molecule has 0 spiro atoms. The maximum Gasteiger partial charge on any atom is 0.150 e. The number of benzene rings is 1. The number of rotatable bonds is 4. The second kappa shape index (κ2) is 5.72. The second-order valence-electron chi connectivity index (χ2n) is 3.46. The Morgan fingerprint density at radius 1 is 1.50 bits per heavy atom. The Bertz CT molecular complexity index is 412. The summed E-state index contributed by atoms with van der Waals surface area (Å²) in [5, 5.41) is 3.79. The minimum Gasteiger partial charge on any atom is -0.494 e. The Kier molecular flexibility index (Phi) is 4.58. The molecule has 16 heavy (non-hydrogen) atoms. The summed E-state index contributed by atoms with van der Waals surface area (Å²) in [5.41, 5.74) is 0.334. The number of terminal acetylenes is 1. The fourth-order valence-corrected chi connectivity index (χ4v) is 2.05. The first-order chi connectivity index (χ1) is 7.60. The van der Waals surface area contributed by atoms with Crippen molar-refractivity contribution in [3.8, 4) is 18.1 Å². The average Bonchev–Trinajstić information content (AvgIpc) is 2.26. The topological polar surface area (TPSA) is 21.3 Å². The van der Waals surface area contributed by atoms with Gasteiger partial charge >= 0.3 is 0 Å². The van der Waals surface area contributed by atoms with Crippen LogP contribution in [0.4, 0.5) is 10.1 Å². The van der Waals surface area contributed by atoms with Crippen LogP contribution in [0.25, 0.3) is 0 Å². The van der Waals surface area contributed by atoms with Crippen LogP contribution in [0.5, 0.6) is 5.75 Å². The normalized spacial score (nSPS) is 10.0. The summed E-state index contributed by atoms with van der Waals surface area (Å²) >= 11 is 0. The fraction of sp³-hybridized carbons (Fsp3) is 0.333. The van der Waals surface area contributed by atoms with E-state index in [9.17, 15) is 4.39 Å². The van der Waals surface area contributed by atoms with Crippen LogP contribution in [0, 0.1) is 18.2 Å². The quantitative estimate of drug-likeness (QED) is 0.642. The molecule has 0 unspecified atom stereocenters. The van der Waals surface area contributed by atoms with E-state index in [1.54, 1.807) is 0 Å². The summed E-state index contributed by atoms with van der Waals surface area (Å²) in [6.07, 6.45) is 5.12. The molecule has 0 heterocycles. The van der Waals surface area contributed by atoms with Gasteiger partial charge in [-0.1, -0.05) is 13.8 Å². The molecule has 0 aliphatic carbocycles. The Labute approximate surface area is 96.9 Å². The van der Waals surface area contributed by atoms with Crippen LogP contribution in [0.1, 0.15) is 0 Å². The molecule has 4 heteroatoms. The van der Waals surface area contributed by atoms with Gasteiger partial charge in [0.05, 0.1) is 13.7 Å². The van der Waals surface area contributed by atoms with Gasteiger partial charge in [0.25, 0.3) is 0 Å². The standard InChI is InChI=1S/C12H15FNOP/c1-5-6-14-12-10(13)7-9(16(3)4)8-11(12)15-2/h1,7-8,14H,6H2,2-4H3. The van der Waals surface area contributed by atoms with Crippen LogP contribution < -0.4 is 15.4 Å². The molecule has 0 amide bonds. The smallest absolute Gasteiger partial charge is 0.150 e. The lowest BCUT2D eigenvalue weighted by Gasteiger charge is -2.14.